The van der Waals surface area contributed by atoms with Crippen molar-refractivity contribution in [3.63, 3.8) is 0 Å². The molecule has 9 heteroatoms. The lowest BCUT2D eigenvalue weighted by Crippen LogP contribution is -2.13. The van der Waals surface area contributed by atoms with E-state index in [0.717, 1.165) is 5.56 Å². The molecular formula is C21H14ClN3O4S. The molecule has 0 bridgehead atoms. The summed E-state index contributed by atoms with van der Waals surface area (Å²) in [4.78, 5) is 16.2. The highest BCUT2D eigenvalue weighted by atomic mass is 35.5. The fourth-order valence-electron chi connectivity index (χ4n) is 2.68. The third-order valence-electron chi connectivity index (χ3n) is 4.12. The zero-order valence-electron chi connectivity index (χ0n) is 15.4. The van der Waals surface area contributed by atoms with E-state index in [1.807, 2.05) is 24.3 Å². The van der Waals surface area contributed by atoms with E-state index in [2.05, 4.69) is 10.3 Å². The first-order valence-electron chi connectivity index (χ1n) is 8.76. The van der Waals surface area contributed by atoms with Crippen molar-refractivity contribution >= 4 is 40.1 Å². The number of benzene rings is 2. The first-order chi connectivity index (χ1) is 14.6. The van der Waals surface area contributed by atoms with Crippen LogP contribution in [-0.4, -0.2) is 17.7 Å². The number of nitriles is 1. The summed E-state index contributed by atoms with van der Waals surface area (Å²) in [5, 5.41) is 14.4. The van der Waals surface area contributed by atoms with Gasteiger partial charge in [-0.15, -0.1) is 11.3 Å². The molecule has 0 radical (unpaired) electrons. The molecule has 0 aliphatic carbocycles. The van der Waals surface area contributed by atoms with Crippen LogP contribution in [0.5, 0.6) is 17.2 Å². The maximum atomic E-state index is 12.2. The highest BCUT2D eigenvalue weighted by Gasteiger charge is 2.14. The molecular weight excluding hydrogens is 426 g/mol. The third-order valence-corrected chi connectivity index (χ3v) is 5.10. The van der Waals surface area contributed by atoms with Gasteiger partial charge in [0, 0.05) is 11.6 Å². The SMILES string of the molecule is N#C/C(=C/c1ccc(OCc2ccc3c(c2)OCO3)c(Cl)c1)C(=O)Nc1nccs1. The second-order valence-electron chi connectivity index (χ2n) is 6.13. The van der Waals surface area contributed by atoms with Crippen LogP contribution < -0.4 is 19.5 Å². The Balaban J connectivity index is 1.43. The van der Waals surface area contributed by atoms with Gasteiger partial charge in [-0.2, -0.15) is 5.26 Å². The molecule has 3 aromatic rings. The normalized spacial score (nSPS) is 12.3. The summed E-state index contributed by atoms with van der Waals surface area (Å²) in [6.45, 7) is 0.512. The number of aromatic nitrogens is 1. The molecule has 0 saturated heterocycles. The minimum atomic E-state index is -0.535. The van der Waals surface area contributed by atoms with Gasteiger partial charge in [-0.05, 0) is 41.5 Å². The van der Waals surface area contributed by atoms with Crippen molar-refractivity contribution in [1.29, 1.82) is 5.26 Å². The van der Waals surface area contributed by atoms with E-state index in [-0.39, 0.29) is 12.4 Å². The van der Waals surface area contributed by atoms with Gasteiger partial charge in [-0.3, -0.25) is 10.1 Å². The van der Waals surface area contributed by atoms with Crippen molar-refractivity contribution in [1.82, 2.24) is 4.98 Å². The van der Waals surface area contributed by atoms with Crippen molar-refractivity contribution in [2.24, 2.45) is 0 Å². The Kier molecular flexibility index (Phi) is 5.84. The Hall–Kier alpha value is -3.54. The van der Waals surface area contributed by atoms with Gasteiger partial charge < -0.3 is 14.2 Å². The maximum absolute atomic E-state index is 12.2. The smallest absolute Gasteiger partial charge is 0.268 e. The summed E-state index contributed by atoms with van der Waals surface area (Å²) in [6, 6.07) is 12.5. The first-order valence-corrected chi connectivity index (χ1v) is 10.0. The largest absolute Gasteiger partial charge is 0.487 e. The van der Waals surface area contributed by atoms with Crippen LogP contribution in [0.4, 0.5) is 5.13 Å². The molecule has 1 aromatic heterocycles. The van der Waals surface area contributed by atoms with Crippen molar-refractivity contribution in [2.45, 2.75) is 6.61 Å². The number of halogens is 1. The fraction of sp³-hybridized carbons (Fsp3) is 0.0952. The summed E-state index contributed by atoms with van der Waals surface area (Å²) in [7, 11) is 0. The molecule has 30 heavy (non-hydrogen) atoms. The van der Waals surface area contributed by atoms with Gasteiger partial charge in [-0.25, -0.2) is 4.98 Å². The van der Waals surface area contributed by atoms with Crippen LogP contribution >= 0.6 is 22.9 Å². The molecule has 1 aliphatic heterocycles. The van der Waals surface area contributed by atoms with Crippen LogP contribution in [0, 0.1) is 11.3 Å². The summed E-state index contributed by atoms with van der Waals surface area (Å²) in [5.41, 5.74) is 1.45. The number of anilines is 1. The number of carbonyl (C=O) groups is 1. The number of amides is 1. The Morgan fingerprint density at radius 2 is 2.17 bits per heavy atom. The molecule has 0 fully saturated rings. The molecule has 7 nitrogen and oxygen atoms in total. The number of rotatable bonds is 6. The second kappa shape index (κ2) is 8.86. The molecule has 1 N–H and O–H groups in total. The van der Waals surface area contributed by atoms with Crippen molar-refractivity contribution in [3.05, 3.63) is 69.7 Å². The molecule has 0 unspecified atom stereocenters. The van der Waals surface area contributed by atoms with E-state index in [1.165, 1.54) is 17.4 Å². The summed E-state index contributed by atoms with van der Waals surface area (Å²) in [6.07, 6.45) is 3.02. The summed E-state index contributed by atoms with van der Waals surface area (Å²) >= 11 is 7.59. The van der Waals surface area contributed by atoms with E-state index in [0.29, 0.717) is 39.6 Å². The minimum absolute atomic E-state index is 0.0599. The Morgan fingerprint density at radius 1 is 1.30 bits per heavy atom. The van der Waals surface area contributed by atoms with Crippen LogP contribution in [0.15, 0.2) is 53.5 Å². The van der Waals surface area contributed by atoms with Gasteiger partial charge in [0.05, 0.1) is 5.02 Å². The topological polar surface area (TPSA) is 93.5 Å². The van der Waals surface area contributed by atoms with Crippen LogP contribution in [-0.2, 0) is 11.4 Å². The van der Waals surface area contributed by atoms with Crippen LogP contribution in [0.2, 0.25) is 5.02 Å². The molecule has 2 aromatic carbocycles. The Labute approximate surface area is 181 Å². The Morgan fingerprint density at radius 3 is 2.93 bits per heavy atom. The number of fused-ring (bicyclic) bond motifs is 1. The van der Waals surface area contributed by atoms with E-state index in [1.54, 1.807) is 29.8 Å². The monoisotopic (exact) mass is 439 g/mol. The number of hydrogen-bond donors (Lipinski definition) is 1. The molecule has 150 valence electrons. The average Bonchev–Trinajstić information content (AvgIpc) is 3.42. The summed E-state index contributed by atoms with van der Waals surface area (Å²) in [5.74, 6) is 1.34. The standard InChI is InChI=1S/C21H14ClN3O4S/c22-16-8-13(7-15(10-23)20(26)25-21-24-5-6-30-21)1-3-17(16)27-11-14-2-4-18-19(9-14)29-12-28-18/h1-9H,11-12H2,(H,24,25,26)/b15-7-. The number of carbonyl (C=O) groups excluding carboxylic acids is 1. The van der Waals surface area contributed by atoms with Crippen molar-refractivity contribution in [2.75, 3.05) is 12.1 Å². The molecule has 1 amide bonds. The maximum Gasteiger partial charge on any atom is 0.268 e. The summed E-state index contributed by atoms with van der Waals surface area (Å²) < 4.78 is 16.4. The molecule has 0 saturated carbocycles. The number of nitrogens with zero attached hydrogens (tertiary/aromatic N) is 2. The Bertz CT molecular complexity index is 1160. The molecule has 0 atom stereocenters. The van der Waals surface area contributed by atoms with E-state index in [4.69, 9.17) is 25.8 Å². The van der Waals surface area contributed by atoms with E-state index in [9.17, 15) is 10.1 Å². The lowest BCUT2D eigenvalue weighted by molar-refractivity contribution is -0.112. The average molecular weight is 440 g/mol. The minimum Gasteiger partial charge on any atom is -0.487 e. The number of thiazole rings is 1. The quantitative estimate of drug-likeness (QED) is 0.444. The van der Waals surface area contributed by atoms with E-state index >= 15 is 0 Å². The third kappa shape index (κ3) is 4.54. The van der Waals surface area contributed by atoms with Gasteiger partial charge in [0.1, 0.15) is 24.0 Å². The highest BCUT2D eigenvalue weighted by Crippen LogP contribution is 2.33. The van der Waals surface area contributed by atoms with Gasteiger partial charge in [-0.1, -0.05) is 23.7 Å². The van der Waals surface area contributed by atoms with Crippen LogP contribution in [0.1, 0.15) is 11.1 Å². The molecule has 0 spiro atoms. The van der Waals surface area contributed by atoms with Gasteiger partial charge in [0.25, 0.3) is 5.91 Å². The lowest BCUT2D eigenvalue weighted by atomic mass is 10.1. The van der Waals surface area contributed by atoms with Crippen molar-refractivity contribution in [3.8, 4) is 23.3 Å². The number of nitrogens with one attached hydrogen (secondary N) is 1. The van der Waals surface area contributed by atoms with E-state index < -0.39 is 5.91 Å². The second-order valence-corrected chi connectivity index (χ2v) is 7.43. The number of hydrogen-bond acceptors (Lipinski definition) is 7. The highest BCUT2D eigenvalue weighted by molar-refractivity contribution is 7.13. The predicted octanol–water partition coefficient (Wildman–Crippen LogP) is 4.65. The first kappa shape index (κ1) is 19.8. The number of ether oxygens (including phenoxy) is 3. The van der Waals surface area contributed by atoms with Crippen LogP contribution in [0.3, 0.4) is 0 Å². The zero-order chi connectivity index (χ0) is 20.9. The lowest BCUT2D eigenvalue weighted by Gasteiger charge is -2.09. The van der Waals surface area contributed by atoms with Gasteiger partial charge in [0.15, 0.2) is 16.6 Å². The zero-order valence-corrected chi connectivity index (χ0v) is 17.0. The van der Waals surface area contributed by atoms with Crippen LogP contribution in [0.25, 0.3) is 6.08 Å². The molecule has 4 rings (SSSR count). The van der Waals surface area contributed by atoms with Crippen molar-refractivity contribution < 1.29 is 19.0 Å². The molecule has 2 heterocycles. The van der Waals surface area contributed by atoms with Gasteiger partial charge >= 0.3 is 0 Å². The fourth-order valence-corrected chi connectivity index (χ4v) is 3.45. The van der Waals surface area contributed by atoms with Gasteiger partial charge in [0.2, 0.25) is 6.79 Å². The predicted molar refractivity (Wildman–Crippen MR) is 113 cm³/mol. The molecule has 1 aliphatic rings.